The normalized spacial score (nSPS) is 17.4. The van der Waals surface area contributed by atoms with Crippen LogP contribution in [0.4, 0.5) is 0 Å². The molecule has 0 atom stereocenters. The number of methoxy groups -OCH3 is 1. The Balaban J connectivity index is 2.24. The van der Waals surface area contributed by atoms with Crippen molar-refractivity contribution in [2.45, 2.75) is 37.5 Å². The number of fused-ring (bicyclic) bond motifs is 1. The molecule has 116 valence electrons. The van der Waals surface area contributed by atoms with Gasteiger partial charge in [0.2, 0.25) is 0 Å². The standard InChI is InChI=1S/C18H19ClO3/c1-22-16-11-12-5-6-14(19)9-13(12)10-15(16)18(17(20)21)7-3-2-4-8-18/h5-6,9-11H,2-4,7-8H2,1H3,(H,20,21). The van der Waals surface area contributed by atoms with Crippen LogP contribution in [0.15, 0.2) is 30.3 Å². The lowest BCUT2D eigenvalue weighted by atomic mass is 9.69. The third kappa shape index (κ3) is 2.44. The molecule has 0 unspecified atom stereocenters. The van der Waals surface area contributed by atoms with Gasteiger partial charge in [0.05, 0.1) is 12.5 Å². The van der Waals surface area contributed by atoms with E-state index in [-0.39, 0.29) is 0 Å². The SMILES string of the molecule is COc1cc2ccc(Cl)cc2cc1C1(C(=O)O)CCCCC1. The highest BCUT2D eigenvalue weighted by atomic mass is 35.5. The predicted molar refractivity (Wildman–Crippen MR) is 87.9 cm³/mol. The van der Waals surface area contributed by atoms with Gasteiger partial charge in [-0.25, -0.2) is 0 Å². The van der Waals surface area contributed by atoms with Gasteiger partial charge in [-0.2, -0.15) is 0 Å². The van der Waals surface area contributed by atoms with Gasteiger partial charge in [-0.05, 0) is 47.9 Å². The number of carboxylic acid groups (broad SMARTS) is 1. The molecule has 22 heavy (non-hydrogen) atoms. The number of halogens is 1. The summed E-state index contributed by atoms with van der Waals surface area (Å²) in [4.78, 5) is 12.1. The van der Waals surface area contributed by atoms with E-state index in [4.69, 9.17) is 16.3 Å². The largest absolute Gasteiger partial charge is 0.496 e. The van der Waals surface area contributed by atoms with Crippen LogP contribution in [0.2, 0.25) is 5.02 Å². The van der Waals surface area contributed by atoms with Crippen LogP contribution in [0.5, 0.6) is 5.75 Å². The highest BCUT2D eigenvalue weighted by molar-refractivity contribution is 6.31. The molecule has 3 rings (SSSR count). The lowest BCUT2D eigenvalue weighted by Gasteiger charge is -2.34. The first-order valence-corrected chi connectivity index (χ1v) is 7.96. The first-order valence-electron chi connectivity index (χ1n) is 7.58. The number of carboxylic acids is 1. The fourth-order valence-electron chi connectivity index (χ4n) is 3.54. The zero-order chi connectivity index (χ0) is 15.7. The molecule has 0 bridgehead atoms. The van der Waals surface area contributed by atoms with Crippen molar-refractivity contribution < 1.29 is 14.6 Å². The van der Waals surface area contributed by atoms with Crippen molar-refractivity contribution in [3.05, 3.63) is 40.9 Å². The number of aliphatic carboxylic acids is 1. The van der Waals surface area contributed by atoms with E-state index in [0.29, 0.717) is 23.6 Å². The monoisotopic (exact) mass is 318 g/mol. The molecule has 1 aliphatic carbocycles. The van der Waals surface area contributed by atoms with E-state index in [1.165, 1.54) is 0 Å². The molecule has 1 saturated carbocycles. The molecule has 0 aromatic heterocycles. The average molecular weight is 319 g/mol. The van der Waals surface area contributed by atoms with Crippen LogP contribution >= 0.6 is 11.6 Å². The summed E-state index contributed by atoms with van der Waals surface area (Å²) in [6.45, 7) is 0. The Morgan fingerprint density at radius 2 is 1.86 bits per heavy atom. The van der Waals surface area contributed by atoms with Gasteiger partial charge in [-0.1, -0.05) is 36.9 Å². The van der Waals surface area contributed by atoms with Crippen molar-refractivity contribution in [1.82, 2.24) is 0 Å². The summed E-state index contributed by atoms with van der Waals surface area (Å²) >= 11 is 6.08. The second kappa shape index (κ2) is 5.81. The van der Waals surface area contributed by atoms with Crippen molar-refractivity contribution in [2.24, 2.45) is 0 Å². The third-order valence-corrected chi connectivity index (χ3v) is 4.99. The lowest BCUT2D eigenvalue weighted by Crippen LogP contribution is -2.38. The maximum absolute atomic E-state index is 12.1. The van der Waals surface area contributed by atoms with E-state index in [2.05, 4.69) is 0 Å². The molecule has 0 spiro atoms. The van der Waals surface area contributed by atoms with E-state index in [1.807, 2.05) is 30.3 Å². The summed E-state index contributed by atoms with van der Waals surface area (Å²) in [7, 11) is 1.60. The summed E-state index contributed by atoms with van der Waals surface area (Å²) in [6.07, 6.45) is 4.28. The summed E-state index contributed by atoms with van der Waals surface area (Å²) in [5.41, 5.74) is -0.0722. The molecule has 0 radical (unpaired) electrons. The number of hydrogen-bond acceptors (Lipinski definition) is 2. The van der Waals surface area contributed by atoms with Gasteiger partial charge >= 0.3 is 5.97 Å². The molecule has 2 aromatic rings. The van der Waals surface area contributed by atoms with E-state index in [0.717, 1.165) is 35.6 Å². The van der Waals surface area contributed by atoms with Crippen LogP contribution in [0.1, 0.15) is 37.7 Å². The number of rotatable bonds is 3. The molecule has 1 aliphatic rings. The molecule has 1 N–H and O–H groups in total. The van der Waals surface area contributed by atoms with Crippen LogP contribution in [0.25, 0.3) is 10.8 Å². The van der Waals surface area contributed by atoms with Crippen molar-refractivity contribution in [3.63, 3.8) is 0 Å². The molecule has 2 aromatic carbocycles. The molecule has 0 saturated heterocycles. The molecular weight excluding hydrogens is 300 g/mol. The molecule has 0 amide bonds. The Kier molecular flexibility index (Phi) is 4.00. The Morgan fingerprint density at radius 3 is 2.50 bits per heavy atom. The highest BCUT2D eigenvalue weighted by Crippen LogP contribution is 2.45. The van der Waals surface area contributed by atoms with Crippen molar-refractivity contribution in [1.29, 1.82) is 0 Å². The minimum Gasteiger partial charge on any atom is -0.496 e. The fourth-order valence-corrected chi connectivity index (χ4v) is 3.72. The van der Waals surface area contributed by atoms with Gasteiger partial charge in [0.25, 0.3) is 0 Å². The topological polar surface area (TPSA) is 46.5 Å². The molecule has 4 heteroatoms. The summed E-state index contributed by atoms with van der Waals surface area (Å²) in [5.74, 6) is -0.106. The van der Waals surface area contributed by atoms with Gasteiger partial charge < -0.3 is 9.84 Å². The molecule has 0 aliphatic heterocycles. The summed E-state index contributed by atoms with van der Waals surface area (Å²) in [6, 6.07) is 9.49. The Hall–Kier alpha value is -1.74. The summed E-state index contributed by atoms with van der Waals surface area (Å²) < 4.78 is 5.52. The first-order chi connectivity index (χ1) is 10.6. The maximum atomic E-state index is 12.1. The third-order valence-electron chi connectivity index (χ3n) is 4.75. The number of carbonyl (C=O) groups is 1. The average Bonchev–Trinajstić information content (AvgIpc) is 2.54. The van der Waals surface area contributed by atoms with Crippen LogP contribution in [-0.4, -0.2) is 18.2 Å². The predicted octanol–water partition coefficient (Wildman–Crippen LogP) is 4.79. The minimum absolute atomic E-state index is 0.650. The van der Waals surface area contributed by atoms with Crippen LogP contribution in [-0.2, 0) is 10.2 Å². The quantitative estimate of drug-likeness (QED) is 0.885. The van der Waals surface area contributed by atoms with Crippen molar-refractivity contribution in [2.75, 3.05) is 7.11 Å². The fraction of sp³-hybridized carbons (Fsp3) is 0.389. The van der Waals surface area contributed by atoms with E-state index in [9.17, 15) is 9.90 Å². The molecule has 0 heterocycles. The van der Waals surface area contributed by atoms with E-state index in [1.54, 1.807) is 7.11 Å². The Labute approximate surface area is 134 Å². The molecular formula is C18H19ClO3. The smallest absolute Gasteiger partial charge is 0.314 e. The van der Waals surface area contributed by atoms with Gasteiger partial charge in [-0.3, -0.25) is 4.79 Å². The first kappa shape index (κ1) is 15.2. The maximum Gasteiger partial charge on any atom is 0.314 e. The number of benzene rings is 2. The zero-order valence-electron chi connectivity index (χ0n) is 12.6. The Morgan fingerprint density at radius 1 is 1.14 bits per heavy atom. The molecule has 1 fully saturated rings. The van der Waals surface area contributed by atoms with Crippen LogP contribution in [0, 0.1) is 0 Å². The lowest BCUT2D eigenvalue weighted by molar-refractivity contribution is -0.145. The van der Waals surface area contributed by atoms with Crippen LogP contribution in [0.3, 0.4) is 0 Å². The van der Waals surface area contributed by atoms with Gasteiger partial charge in [0, 0.05) is 10.6 Å². The second-order valence-electron chi connectivity index (χ2n) is 5.99. The minimum atomic E-state index is -0.847. The molecule has 3 nitrogen and oxygen atoms in total. The summed E-state index contributed by atoms with van der Waals surface area (Å²) in [5, 5.41) is 12.5. The van der Waals surface area contributed by atoms with Crippen molar-refractivity contribution in [3.8, 4) is 5.75 Å². The van der Waals surface area contributed by atoms with E-state index >= 15 is 0 Å². The van der Waals surface area contributed by atoms with E-state index < -0.39 is 11.4 Å². The second-order valence-corrected chi connectivity index (χ2v) is 6.43. The zero-order valence-corrected chi connectivity index (χ0v) is 13.3. The van der Waals surface area contributed by atoms with Gasteiger partial charge in [-0.15, -0.1) is 0 Å². The van der Waals surface area contributed by atoms with Gasteiger partial charge in [0.15, 0.2) is 0 Å². The van der Waals surface area contributed by atoms with Crippen LogP contribution < -0.4 is 4.74 Å². The number of ether oxygens (including phenoxy) is 1. The Bertz CT molecular complexity index is 718. The van der Waals surface area contributed by atoms with Crippen molar-refractivity contribution >= 4 is 28.3 Å². The van der Waals surface area contributed by atoms with Gasteiger partial charge in [0.1, 0.15) is 5.75 Å². The number of hydrogen-bond donors (Lipinski definition) is 1. The highest BCUT2D eigenvalue weighted by Gasteiger charge is 2.43.